The molecular formula is C6H7NO2S. The number of rotatable bonds is 1. The molecule has 0 atom stereocenters. The van der Waals surface area contributed by atoms with Crippen molar-refractivity contribution in [3.8, 4) is 5.75 Å². The third kappa shape index (κ3) is 1.17. The van der Waals surface area contributed by atoms with Crippen LogP contribution in [0.5, 0.6) is 5.75 Å². The molecule has 1 rings (SSSR count). The lowest BCUT2D eigenvalue weighted by molar-refractivity contribution is 0.270. The van der Waals surface area contributed by atoms with E-state index in [1.54, 1.807) is 12.3 Å². The summed E-state index contributed by atoms with van der Waals surface area (Å²) < 4.78 is 0.350. The number of aromatic nitrogens is 1. The number of aliphatic hydroxyl groups excluding tert-OH is 1. The first-order chi connectivity index (χ1) is 4.75. The van der Waals surface area contributed by atoms with Gasteiger partial charge >= 0.3 is 0 Å². The zero-order valence-corrected chi connectivity index (χ0v) is 5.98. The van der Waals surface area contributed by atoms with Crippen LogP contribution in [0.4, 0.5) is 0 Å². The van der Waals surface area contributed by atoms with Crippen LogP contribution in [0.3, 0.4) is 0 Å². The number of pyridine rings is 1. The molecule has 1 aromatic heterocycles. The van der Waals surface area contributed by atoms with Crippen LogP contribution in [0.2, 0.25) is 0 Å². The molecule has 3 nitrogen and oxygen atoms in total. The summed E-state index contributed by atoms with van der Waals surface area (Å²) in [7, 11) is 0. The van der Waals surface area contributed by atoms with Crippen LogP contribution >= 0.6 is 12.2 Å². The lowest BCUT2D eigenvalue weighted by Crippen LogP contribution is -1.88. The normalized spacial score (nSPS) is 9.70. The van der Waals surface area contributed by atoms with E-state index < -0.39 is 0 Å². The Morgan fingerprint density at radius 3 is 2.80 bits per heavy atom. The molecule has 0 fully saturated rings. The number of hydrogen-bond donors (Lipinski definition) is 3. The van der Waals surface area contributed by atoms with Crippen molar-refractivity contribution in [1.29, 1.82) is 0 Å². The Balaban J connectivity index is 3.28. The molecule has 0 bridgehead atoms. The fourth-order valence-corrected chi connectivity index (χ4v) is 0.826. The zero-order valence-electron chi connectivity index (χ0n) is 5.16. The van der Waals surface area contributed by atoms with Gasteiger partial charge < -0.3 is 15.2 Å². The Morgan fingerprint density at radius 1 is 1.60 bits per heavy atom. The van der Waals surface area contributed by atoms with Crippen molar-refractivity contribution in [2.24, 2.45) is 0 Å². The molecule has 0 unspecified atom stereocenters. The summed E-state index contributed by atoms with van der Waals surface area (Å²) >= 11 is 4.73. The topological polar surface area (TPSA) is 56.2 Å². The second-order valence-electron chi connectivity index (χ2n) is 1.83. The molecule has 54 valence electrons. The van der Waals surface area contributed by atoms with Crippen LogP contribution in [-0.2, 0) is 6.61 Å². The van der Waals surface area contributed by atoms with Crippen LogP contribution in [0.15, 0.2) is 12.3 Å². The van der Waals surface area contributed by atoms with Gasteiger partial charge in [-0.15, -0.1) is 0 Å². The average molecular weight is 157 g/mol. The first kappa shape index (κ1) is 7.24. The third-order valence-corrected chi connectivity index (χ3v) is 1.50. The second kappa shape index (κ2) is 2.81. The van der Waals surface area contributed by atoms with E-state index in [2.05, 4.69) is 4.98 Å². The highest BCUT2D eigenvalue weighted by Crippen LogP contribution is 2.14. The van der Waals surface area contributed by atoms with Crippen molar-refractivity contribution in [1.82, 2.24) is 4.98 Å². The predicted octanol–water partition coefficient (Wildman–Crippen LogP) is 0.942. The number of aromatic amines is 1. The lowest BCUT2D eigenvalue weighted by atomic mass is 10.3. The van der Waals surface area contributed by atoms with E-state index in [0.717, 1.165) is 0 Å². The summed E-state index contributed by atoms with van der Waals surface area (Å²) in [6.07, 6.45) is 1.58. The highest BCUT2D eigenvalue weighted by Gasteiger charge is 1.98. The van der Waals surface area contributed by atoms with E-state index >= 15 is 0 Å². The molecule has 0 amide bonds. The van der Waals surface area contributed by atoms with Crippen LogP contribution in [0, 0.1) is 4.51 Å². The minimum atomic E-state index is -0.226. The first-order valence-electron chi connectivity index (χ1n) is 2.76. The summed E-state index contributed by atoms with van der Waals surface area (Å²) in [5.41, 5.74) is 0.354. The van der Waals surface area contributed by atoms with Gasteiger partial charge in [0, 0.05) is 6.20 Å². The van der Waals surface area contributed by atoms with Gasteiger partial charge in [0.25, 0.3) is 0 Å². The second-order valence-corrected chi connectivity index (χ2v) is 2.27. The minimum Gasteiger partial charge on any atom is -0.505 e. The summed E-state index contributed by atoms with van der Waals surface area (Å²) in [5.74, 6) is -0.0417. The van der Waals surface area contributed by atoms with E-state index in [9.17, 15) is 0 Å². The Labute approximate surface area is 63.0 Å². The maximum absolute atomic E-state index is 9.10. The van der Waals surface area contributed by atoms with Gasteiger partial charge in [-0.3, -0.25) is 0 Å². The van der Waals surface area contributed by atoms with Crippen molar-refractivity contribution < 1.29 is 10.2 Å². The molecule has 10 heavy (non-hydrogen) atoms. The standard InChI is InChI=1S/C6H7NO2S/c8-3-4-6(9)5(10)1-2-7-4/h1-2,8-9H,3H2,(H,7,10). The molecule has 0 radical (unpaired) electrons. The number of nitrogens with one attached hydrogen (secondary N) is 1. The Morgan fingerprint density at radius 2 is 2.30 bits per heavy atom. The number of H-pyrrole nitrogens is 1. The van der Waals surface area contributed by atoms with Crippen molar-refractivity contribution in [3.05, 3.63) is 22.5 Å². The quantitative estimate of drug-likeness (QED) is 0.532. The average Bonchev–Trinajstić information content (AvgIpc) is 1.95. The van der Waals surface area contributed by atoms with Gasteiger partial charge in [-0.25, -0.2) is 0 Å². The van der Waals surface area contributed by atoms with Crippen molar-refractivity contribution in [2.75, 3.05) is 0 Å². The SMILES string of the molecule is OCc1[nH]ccc(=S)c1O. The summed E-state index contributed by atoms with van der Waals surface area (Å²) in [5, 5.41) is 17.7. The van der Waals surface area contributed by atoms with Gasteiger partial charge in [0.15, 0.2) is 5.75 Å². The maximum Gasteiger partial charge on any atom is 0.155 e. The van der Waals surface area contributed by atoms with Gasteiger partial charge in [-0.05, 0) is 6.07 Å². The molecule has 0 aliphatic heterocycles. The van der Waals surface area contributed by atoms with E-state index in [1.807, 2.05) is 0 Å². The van der Waals surface area contributed by atoms with E-state index in [4.69, 9.17) is 22.4 Å². The first-order valence-corrected chi connectivity index (χ1v) is 3.17. The molecule has 3 N–H and O–H groups in total. The number of aliphatic hydroxyl groups is 1. The fourth-order valence-electron chi connectivity index (χ4n) is 0.634. The summed E-state index contributed by atoms with van der Waals surface area (Å²) in [6, 6.07) is 1.56. The molecule has 4 heteroatoms. The van der Waals surface area contributed by atoms with Crippen molar-refractivity contribution in [3.63, 3.8) is 0 Å². The van der Waals surface area contributed by atoms with Gasteiger partial charge in [-0.2, -0.15) is 0 Å². The van der Waals surface area contributed by atoms with Gasteiger partial charge in [0.05, 0.1) is 16.8 Å². The van der Waals surface area contributed by atoms with Gasteiger partial charge in [-0.1, -0.05) is 12.2 Å². The molecule has 1 heterocycles. The zero-order chi connectivity index (χ0) is 7.56. The molecule has 0 saturated carbocycles. The van der Waals surface area contributed by atoms with Gasteiger partial charge in [0.2, 0.25) is 0 Å². The predicted molar refractivity (Wildman–Crippen MR) is 39.2 cm³/mol. The van der Waals surface area contributed by atoms with Crippen LogP contribution < -0.4 is 0 Å². The molecular weight excluding hydrogens is 150 g/mol. The molecule has 0 aliphatic rings. The smallest absolute Gasteiger partial charge is 0.155 e. The summed E-state index contributed by atoms with van der Waals surface area (Å²) in [4.78, 5) is 2.66. The minimum absolute atomic E-state index is 0.0417. The van der Waals surface area contributed by atoms with E-state index in [0.29, 0.717) is 10.2 Å². The van der Waals surface area contributed by atoms with Gasteiger partial charge in [0.1, 0.15) is 0 Å². The molecule has 0 saturated heterocycles. The third-order valence-electron chi connectivity index (χ3n) is 1.17. The Bertz CT molecular complexity index is 281. The van der Waals surface area contributed by atoms with Crippen molar-refractivity contribution >= 4 is 12.2 Å². The number of aromatic hydroxyl groups is 1. The van der Waals surface area contributed by atoms with Crippen LogP contribution in [-0.4, -0.2) is 15.2 Å². The molecule has 0 aliphatic carbocycles. The summed E-state index contributed by atoms with van der Waals surface area (Å²) in [6.45, 7) is -0.226. The fraction of sp³-hybridized carbons (Fsp3) is 0.167. The highest BCUT2D eigenvalue weighted by atomic mass is 32.1. The number of hydrogen-bond acceptors (Lipinski definition) is 3. The molecule has 1 aromatic rings. The van der Waals surface area contributed by atoms with E-state index in [1.165, 1.54) is 0 Å². The highest BCUT2D eigenvalue weighted by molar-refractivity contribution is 7.71. The largest absolute Gasteiger partial charge is 0.505 e. The van der Waals surface area contributed by atoms with Crippen LogP contribution in [0.1, 0.15) is 5.69 Å². The maximum atomic E-state index is 9.10. The van der Waals surface area contributed by atoms with Crippen molar-refractivity contribution in [2.45, 2.75) is 6.61 Å². The molecule has 0 aromatic carbocycles. The molecule has 0 spiro atoms. The van der Waals surface area contributed by atoms with E-state index in [-0.39, 0.29) is 12.4 Å². The Kier molecular flexibility index (Phi) is 2.03. The Hall–Kier alpha value is -0.870. The lowest BCUT2D eigenvalue weighted by Gasteiger charge is -1.98. The van der Waals surface area contributed by atoms with Crippen LogP contribution in [0.25, 0.3) is 0 Å². The monoisotopic (exact) mass is 157 g/mol.